The average Bonchev–Trinajstić information content (AvgIpc) is 2.83. The first-order valence-corrected chi connectivity index (χ1v) is 6.82. The van der Waals surface area contributed by atoms with Gasteiger partial charge in [-0.05, 0) is 36.7 Å². The first kappa shape index (κ1) is 12.5. The van der Waals surface area contributed by atoms with Crippen LogP contribution in [0.4, 0.5) is 11.5 Å². The van der Waals surface area contributed by atoms with Crippen molar-refractivity contribution in [1.29, 1.82) is 0 Å². The number of rotatable bonds is 3. The molecule has 1 aromatic carbocycles. The predicted octanol–water partition coefficient (Wildman–Crippen LogP) is 3.15. The third-order valence-electron chi connectivity index (χ3n) is 3.40. The molecule has 4 heteroatoms. The molecule has 0 spiro atoms. The van der Waals surface area contributed by atoms with Crippen molar-refractivity contribution in [3.05, 3.63) is 52.7 Å². The van der Waals surface area contributed by atoms with E-state index in [1.54, 1.807) is 0 Å². The van der Waals surface area contributed by atoms with Crippen LogP contribution in [0.3, 0.4) is 0 Å². The number of anilines is 2. The zero-order valence-corrected chi connectivity index (χ0v) is 11.6. The maximum absolute atomic E-state index is 6.38. The van der Waals surface area contributed by atoms with Crippen molar-refractivity contribution < 1.29 is 0 Å². The maximum Gasteiger partial charge on any atom is 0.151 e. The average molecular weight is 274 g/mol. The van der Waals surface area contributed by atoms with E-state index in [1.165, 1.54) is 11.3 Å². The Bertz CT molecular complexity index is 598. The fourth-order valence-electron chi connectivity index (χ4n) is 2.53. The number of nitrogens with zero attached hydrogens (tertiary/aromatic N) is 2. The highest BCUT2D eigenvalue weighted by molar-refractivity contribution is 6.33. The van der Waals surface area contributed by atoms with Gasteiger partial charge in [0.1, 0.15) is 0 Å². The molecule has 3 rings (SSSR count). The fourth-order valence-corrected chi connectivity index (χ4v) is 2.82. The molecule has 0 unspecified atom stereocenters. The van der Waals surface area contributed by atoms with E-state index in [0.29, 0.717) is 5.02 Å². The number of hydrogen-bond acceptors (Lipinski definition) is 3. The Kier molecular flexibility index (Phi) is 3.40. The zero-order chi connectivity index (χ0) is 13.2. The summed E-state index contributed by atoms with van der Waals surface area (Å²) in [4.78, 5) is 6.73. The van der Waals surface area contributed by atoms with Crippen LogP contribution in [0, 0.1) is 0 Å². The highest BCUT2D eigenvalue weighted by Crippen LogP contribution is 2.36. The van der Waals surface area contributed by atoms with Crippen molar-refractivity contribution in [2.75, 3.05) is 18.5 Å². The van der Waals surface area contributed by atoms with Crippen LogP contribution in [0.5, 0.6) is 0 Å². The van der Waals surface area contributed by atoms with E-state index in [9.17, 15) is 0 Å². The predicted molar refractivity (Wildman–Crippen MR) is 79.2 cm³/mol. The van der Waals surface area contributed by atoms with Crippen LogP contribution in [-0.4, -0.2) is 18.6 Å². The van der Waals surface area contributed by atoms with Gasteiger partial charge >= 0.3 is 0 Å². The Hall–Kier alpha value is -1.58. The molecule has 1 N–H and O–H groups in total. The Morgan fingerprint density at radius 2 is 2.21 bits per heavy atom. The van der Waals surface area contributed by atoms with Gasteiger partial charge in [-0.25, -0.2) is 4.98 Å². The van der Waals surface area contributed by atoms with Gasteiger partial charge in [0, 0.05) is 25.0 Å². The number of pyridine rings is 1. The van der Waals surface area contributed by atoms with Gasteiger partial charge < -0.3 is 10.2 Å². The van der Waals surface area contributed by atoms with Crippen molar-refractivity contribution in [2.24, 2.45) is 0 Å². The normalized spacial score (nSPS) is 13.7. The summed E-state index contributed by atoms with van der Waals surface area (Å²) in [6.45, 7) is 1.72. The summed E-state index contributed by atoms with van der Waals surface area (Å²) >= 11 is 6.38. The Balaban J connectivity index is 1.96. The summed E-state index contributed by atoms with van der Waals surface area (Å²) in [5.74, 6) is 0.853. The number of para-hydroxylation sites is 1. The Labute approximate surface area is 118 Å². The minimum absolute atomic E-state index is 0.712. The molecule has 0 saturated heterocycles. The molecular weight excluding hydrogens is 258 g/mol. The van der Waals surface area contributed by atoms with Crippen molar-refractivity contribution >= 4 is 23.1 Å². The molecule has 0 atom stereocenters. The molecule has 0 aliphatic carbocycles. The highest BCUT2D eigenvalue weighted by atomic mass is 35.5. The monoisotopic (exact) mass is 273 g/mol. The first-order valence-electron chi connectivity index (χ1n) is 6.44. The number of benzene rings is 1. The van der Waals surface area contributed by atoms with E-state index >= 15 is 0 Å². The molecule has 2 aromatic rings. The lowest BCUT2D eigenvalue weighted by Crippen LogP contribution is -2.16. The second-order valence-corrected chi connectivity index (χ2v) is 5.12. The summed E-state index contributed by atoms with van der Waals surface area (Å²) in [6.07, 6.45) is 2.94. The molecule has 19 heavy (non-hydrogen) atoms. The summed E-state index contributed by atoms with van der Waals surface area (Å²) in [7, 11) is 1.92. The smallest absolute Gasteiger partial charge is 0.151 e. The fraction of sp³-hybridized carbons (Fsp3) is 0.267. The first-order chi connectivity index (χ1) is 9.29. The maximum atomic E-state index is 6.38. The van der Waals surface area contributed by atoms with E-state index in [1.807, 2.05) is 19.3 Å². The quantitative estimate of drug-likeness (QED) is 0.931. The molecule has 1 aliphatic heterocycles. The minimum atomic E-state index is 0.712. The van der Waals surface area contributed by atoms with Crippen LogP contribution < -0.4 is 10.2 Å². The zero-order valence-electron chi connectivity index (χ0n) is 10.9. The Morgan fingerprint density at radius 3 is 3.00 bits per heavy atom. The molecule has 0 bridgehead atoms. The topological polar surface area (TPSA) is 28.2 Å². The number of fused-ring (bicyclic) bond motifs is 1. The van der Waals surface area contributed by atoms with E-state index in [0.717, 1.165) is 30.9 Å². The van der Waals surface area contributed by atoms with Gasteiger partial charge in [-0.15, -0.1) is 0 Å². The van der Waals surface area contributed by atoms with E-state index in [2.05, 4.69) is 39.5 Å². The van der Waals surface area contributed by atoms with E-state index in [4.69, 9.17) is 11.6 Å². The lowest BCUT2D eigenvalue weighted by molar-refractivity contribution is 0.812. The van der Waals surface area contributed by atoms with Crippen LogP contribution in [0.15, 0.2) is 36.5 Å². The molecule has 1 aromatic heterocycles. The van der Waals surface area contributed by atoms with Gasteiger partial charge in [-0.1, -0.05) is 29.8 Å². The number of hydrogen-bond donors (Lipinski definition) is 1. The minimum Gasteiger partial charge on any atom is -0.325 e. The van der Waals surface area contributed by atoms with Crippen molar-refractivity contribution in [3.63, 3.8) is 0 Å². The number of halogens is 1. The van der Waals surface area contributed by atoms with Gasteiger partial charge in [0.15, 0.2) is 5.82 Å². The van der Waals surface area contributed by atoms with Gasteiger partial charge in [0.25, 0.3) is 0 Å². The van der Waals surface area contributed by atoms with Crippen LogP contribution >= 0.6 is 11.6 Å². The lowest BCUT2D eigenvalue weighted by Gasteiger charge is -2.20. The van der Waals surface area contributed by atoms with Crippen LogP contribution in [-0.2, 0) is 13.0 Å². The molecule has 3 nitrogen and oxygen atoms in total. The molecule has 2 heterocycles. The second kappa shape index (κ2) is 5.19. The third kappa shape index (κ3) is 2.31. The van der Waals surface area contributed by atoms with Gasteiger partial charge in [-0.2, -0.15) is 0 Å². The molecular formula is C15H16ClN3. The van der Waals surface area contributed by atoms with Crippen LogP contribution in [0.25, 0.3) is 0 Å². The SMILES string of the molecule is CNCc1cnc(N2CCc3ccccc32)c(Cl)c1. The highest BCUT2D eigenvalue weighted by Gasteiger charge is 2.22. The van der Waals surface area contributed by atoms with Gasteiger partial charge in [-0.3, -0.25) is 0 Å². The van der Waals surface area contributed by atoms with Crippen LogP contribution in [0.1, 0.15) is 11.1 Å². The summed E-state index contributed by atoms with van der Waals surface area (Å²) in [5, 5.41) is 3.82. The van der Waals surface area contributed by atoms with Gasteiger partial charge in [0.05, 0.1) is 5.02 Å². The number of aromatic nitrogens is 1. The van der Waals surface area contributed by atoms with Gasteiger partial charge in [0.2, 0.25) is 0 Å². The Morgan fingerprint density at radius 1 is 1.37 bits per heavy atom. The van der Waals surface area contributed by atoms with Crippen molar-refractivity contribution in [3.8, 4) is 0 Å². The lowest BCUT2D eigenvalue weighted by atomic mass is 10.2. The molecule has 98 valence electrons. The molecule has 0 amide bonds. The molecule has 0 fully saturated rings. The van der Waals surface area contributed by atoms with Crippen molar-refractivity contribution in [2.45, 2.75) is 13.0 Å². The third-order valence-corrected chi connectivity index (χ3v) is 3.68. The standard InChI is InChI=1S/C15H16ClN3/c1-17-9-11-8-13(16)15(18-10-11)19-7-6-12-4-2-3-5-14(12)19/h2-5,8,10,17H,6-7,9H2,1H3. The van der Waals surface area contributed by atoms with E-state index < -0.39 is 0 Å². The summed E-state index contributed by atoms with van der Waals surface area (Å²) < 4.78 is 0. The number of nitrogens with one attached hydrogen (secondary N) is 1. The second-order valence-electron chi connectivity index (χ2n) is 4.71. The summed E-state index contributed by atoms with van der Waals surface area (Å²) in [5.41, 5.74) is 3.68. The van der Waals surface area contributed by atoms with Crippen molar-refractivity contribution in [1.82, 2.24) is 10.3 Å². The largest absolute Gasteiger partial charge is 0.325 e. The summed E-state index contributed by atoms with van der Waals surface area (Å²) in [6, 6.07) is 10.4. The van der Waals surface area contributed by atoms with E-state index in [-0.39, 0.29) is 0 Å². The van der Waals surface area contributed by atoms with Crippen LogP contribution in [0.2, 0.25) is 5.02 Å². The molecule has 1 aliphatic rings. The molecule has 0 radical (unpaired) electrons. The molecule has 0 saturated carbocycles.